The molecule has 0 bridgehead atoms. The van der Waals surface area contributed by atoms with Crippen molar-refractivity contribution in [3.8, 4) is 5.75 Å². The SMILES string of the molecule is CN(C)CC(C)(O)CNC1CCc2cc(O)ccc21. The van der Waals surface area contributed by atoms with Gasteiger partial charge >= 0.3 is 0 Å². The highest BCUT2D eigenvalue weighted by molar-refractivity contribution is 5.40. The van der Waals surface area contributed by atoms with E-state index in [-0.39, 0.29) is 6.04 Å². The van der Waals surface area contributed by atoms with E-state index in [1.165, 1.54) is 11.1 Å². The summed E-state index contributed by atoms with van der Waals surface area (Å²) in [6.07, 6.45) is 2.01. The van der Waals surface area contributed by atoms with Crippen LogP contribution >= 0.6 is 0 Å². The van der Waals surface area contributed by atoms with E-state index >= 15 is 0 Å². The second kappa shape index (κ2) is 5.49. The molecule has 2 unspecified atom stereocenters. The summed E-state index contributed by atoms with van der Waals surface area (Å²) in [5.74, 6) is 0.332. The smallest absolute Gasteiger partial charge is 0.115 e. The van der Waals surface area contributed by atoms with Crippen molar-refractivity contribution in [2.45, 2.75) is 31.4 Å². The fraction of sp³-hybridized carbons (Fsp3) is 0.600. The molecule has 1 aliphatic rings. The first-order chi connectivity index (χ1) is 8.87. The Balaban J connectivity index is 1.96. The minimum atomic E-state index is -0.733. The molecule has 0 radical (unpaired) electrons. The molecule has 2 atom stereocenters. The Kier molecular flexibility index (Phi) is 4.13. The number of nitrogens with one attached hydrogen (secondary N) is 1. The van der Waals surface area contributed by atoms with E-state index in [2.05, 4.69) is 5.32 Å². The largest absolute Gasteiger partial charge is 0.508 e. The number of fused-ring (bicyclic) bond motifs is 1. The summed E-state index contributed by atoms with van der Waals surface area (Å²) in [6, 6.07) is 5.84. The van der Waals surface area contributed by atoms with Crippen LogP contribution in [0.4, 0.5) is 0 Å². The lowest BCUT2D eigenvalue weighted by Gasteiger charge is -2.29. The van der Waals surface area contributed by atoms with Gasteiger partial charge in [-0.2, -0.15) is 0 Å². The Morgan fingerprint density at radius 3 is 2.84 bits per heavy atom. The molecule has 0 saturated heterocycles. The fourth-order valence-electron chi connectivity index (χ4n) is 2.90. The normalized spacial score (nSPS) is 21.4. The molecule has 0 fully saturated rings. The van der Waals surface area contributed by atoms with Crippen molar-refractivity contribution in [2.75, 3.05) is 27.2 Å². The van der Waals surface area contributed by atoms with E-state index in [0.29, 0.717) is 18.8 Å². The number of aryl methyl sites for hydroxylation is 1. The third-order valence-corrected chi connectivity index (χ3v) is 3.59. The van der Waals surface area contributed by atoms with Gasteiger partial charge in [0.25, 0.3) is 0 Å². The average Bonchev–Trinajstić information content (AvgIpc) is 2.67. The summed E-state index contributed by atoms with van der Waals surface area (Å²) < 4.78 is 0. The Morgan fingerprint density at radius 1 is 1.42 bits per heavy atom. The number of aliphatic hydroxyl groups is 1. The third-order valence-electron chi connectivity index (χ3n) is 3.59. The van der Waals surface area contributed by atoms with Crippen molar-refractivity contribution < 1.29 is 10.2 Å². The number of phenols is 1. The van der Waals surface area contributed by atoms with Gasteiger partial charge in [0.2, 0.25) is 0 Å². The second-order valence-electron chi connectivity index (χ2n) is 6.09. The van der Waals surface area contributed by atoms with Gasteiger partial charge in [-0.25, -0.2) is 0 Å². The Bertz CT molecular complexity index is 444. The van der Waals surface area contributed by atoms with Crippen LogP contribution in [0, 0.1) is 0 Å². The number of benzene rings is 1. The molecule has 0 saturated carbocycles. The van der Waals surface area contributed by atoms with Gasteiger partial charge in [0.05, 0.1) is 5.60 Å². The van der Waals surface area contributed by atoms with Crippen LogP contribution in [0.1, 0.15) is 30.5 Å². The Morgan fingerprint density at radius 2 is 2.16 bits per heavy atom. The number of likely N-dealkylation sites (N-methyl/N-ethyl adjacent to an activating group) is 1. The summed E-state index contributed by atoms with van der Waals surface area (Å²) in [5.41, 5.74) is 1.73. The molecule has 0 aromatic heterocycles. The molecule has 0 amide bonds. The van der Waals surface area contributed by atoms with Gasteiger partial charge in [-0.05, 0) is 57.1 Å². The Labute approximate surface area is 115 Å². The molecule has 0 heterocycles. The lowest BCUT2D eigenvalue weighted by atomic mass is 10.0. The molecule has 1 aromatic carbocycles. The maximum Gasteiger partial charge on any atom is 0.115 e. The predicted octanol–water partition coefficient (Wildman–Crippen LogP) is 1.28. The van der Waals surface area contributed by atoms with E-state index in [9.17, 15) is 10.2 Å². The zero-order valence-electron chi connectivity index (χ0n) is 12.0. The molecule has 4 nitrogen and oxygen atoms in total. The van der Waals surface area contributed by atoms with Crippen LogP contribution in [0.15, 0.2) is 18.2 Å². The van der Waals surface area contributed by atoms with Crippen molar-refractivity contribution in [1.82, 2.24) is 10.2 Å². The van der Waals surface area contributed by atoms with Crippen molar-refractivity contribution in [2.24, 2.45) is 0 Å². The van der Waals surface area contributed by atoms with Crippen LogP contribution in [0.5, 0.6) is 5.75 Å². The standard InChI is InChI=1S/C15H24N2O2/c1-15(19,10-17(2)3)9-16-14-7-4-11-8-12(18)5-6-13(11)14/h5-6,8,14,16,18-19H,4,7,9-10H2,1-3H3. The predicted molar refractivity (Wildman–Crippen MR) is 76.3 cm³/mol. The van der Waals surface area contributed by atoms with Crippen molar-refractivity contribution in [3.05, 3.63) is 29.3 Å². The molecule has 1 aliphatic carbocycles. The fourth-order valence-corrected chi connectivity index (χ4v) is 2.90. The first-order valence-electron chi connectivity index (χ1n) is 6.80. The molecular formula is C15H24N2O2. The van der Waals surface area contributed by atoms with Gasteiger partial charge in [0, 0.05) is 19.1 Å². The van der Waals surface area contributed by atoms with Gasteiger partial charge in [0.1, 0.15) is 5.75 Å². The van der Waals surface area contributed by atoms with Crippen LogP contribution in [0.3, 0.4) is 0 Å². The van der Waals surface area contributed by atoms with Crippen LogP contribution in [0.2, 0.25) is 0 Å². The maximum absolute atomic E-state index is 10.3. The van der Waals surface area contributed by atoms with E-state index in [4.69, 9.17) is 0 Å². The zero-order valence-corrected chi connectivity index (χ0v) is 12.0. The third kappa shape index (κ3) is 3.69. The van der Waals surface area contributed by atoms with Crippen molar-refractivity contribution >= 4 is 0 Å². The van der Waals surface area contributed by atoms with Crippen molar-refractivity contribution in [3.63, 3.8) is 0 Å². The highest BCUT2D eigenvalue weighted by Crippen LogP contribution is 2.33. The summed E-state index contributed by atoms with van der Waals surface area (Å²) >= 11 is 0. The van der Waals surface area contributed by atoms with Gasteiger partial charge in [0.15, 0.2) is 0 Å². The molecule has 2 rings (SSSR count). The molecule has 3 N–H and O–H groups in total. The van der Waals surface area contributed by atoms with Gasteiger partial charge in [-0.15, -0.1) is 0 Å². The molecule has 19 heavy (non-hydrogen) atoms. The highest BCUT2D eigenvalue weighted by Gasteiger charge is 2.26. The molecule has 0 spiro atoms. The monoisotopic (exact) mass is 264 g/mol. The van der Waals surface area contributed by atoms with Crippen LogP contribution < -0.4 is 5.32 Å². The van der Waals surface area contributed by atoms with Crippen LogP contribution in [-0.4, -0.2) is 47.9 Å². The van der Waals surface area contributed by atoms with Gasteiger partial charge < -0.3 is 20.4 Å². The first-order valence-corrected chi connectivity index (χ1v) is 6.80. The first kappa shape index (κ1) is 14.3. The maximum atomic E-state index is 10.3. The minimum Gasteiger partial charge on any atom is -0.508 e. The number of hydrogen-bond acceptors (Lipinski definition) is 4. The average molecular weight is 264 g/mol. The Hall–Kier alpha value is -1.10. The van der Waals surface area contributed by atoms with E-state index in [0.717, 1.165) is 12.8 Å². The van der Waals surface area contributed by atoms with Gasteiger partial charge in [-0.1, -0.05) is 6.07 Å². The summed E-state index contributed by atoms with van der Waals surface area (Å²) in [6.45, 7) is 3.05. The summed E-state index contributed by atoms with van der Waals surface area (Å²) in [7, 11) is 3.92. The van der Waals surface area contributed by atoms with Crippen molar-refractivity contribution in [1.29, 1.82) is 0 Å². The zero-order chi connectivity index (χ0) is 14.0. The van der Waals surface area contributed by atoms with E-state index in [1.807, 2.05) is 38.1 Å². The highest BCUT2D eigenvalue weighted by atomic mass is 16.3. The molecule has 106 valence electrons. The van der Waals surface area contributed by atoms with Gasteiger partial charge in [-0.3, -0.25) is 0 Å². The topological polar surface area (TPSA) is 55.7 Å². The number of hydrogen-bond donors (Lipinski definition) is 3. The minimum absolute atomic E-state index is 0.282. The second-order valence-corrected chi connectivity index (χ2v) is 6.09. The number of phenolic OH excluding ortho intramolecular Hbond substituents is 1. The molecule has 0 aliphatic heterocycles. The molecular weight excluding hydrogens is 240 g/mol. The lowest BCUT2D eigenvalue weighted by Crippen LogP contribution is -2.46. The van der Waals surface area contributed by atoms with E-state index < -0.39 is 5.60 Å². The van der Waals surface area contributed by atoms with E-state index in [1.54, 1.807) is 6.07 Å². The number of aromatic hydroxyl groups is 1. The quantitative estimate of drug-likeness (QED) is 0.750. The molecule has 1 aromatic rings. The number of rotatable bonds is 5. The van der Waals surface area contributed by atoms with Crippen LogP contribution in [0.25, 0.3) is 0 Å². The molecule has 4 heteroatoms. The summed E-state index contributed by atoms with van der Waals surface area (Å²) in [5, 5.41) is 23.2. The van der Waals surface area contributed by atoms with Crippen LogP contribution in [-0.2, 0) is 6.42 Å². The summed E-state index contributed by atoms with van der Waals surface area (Å²) in [4.78, 5) is 1.99. The lowest BCUT2D eigenvalue weighted by molar-refractivity contribution is 0.0313. The number of nitrogens with zero attached hydrogens (tertiary/aromatic N) is 1.